The maximum Gasteiger partial charge on any atom is 0.390 e. The van der Waals surface area contributed by atoms with E-state index in [2.05, 4.69) is 270 Å². The highest BCUT2D eigenvalue weighted by Gasteiger charge is 2.61. The predicted molar refractivity (Wildman–Crippen MR) is 285 cm³/mol. The smallest absolute Gasteiger partial charge is 0.390 e. The molecule has 8 rings (SSSR count). The zero-order chi connectivity index (χ0) is 45.4. The van der Waals surface area contributed by atoms with Gasteiger partial charge in [-0.2, -0.15) is 0 Å². The molecule has 0 heterocycles. The Bertz CT molecular complexity index is 2500. The molecule has 0 saturated carbocycles. The van der Waals surface area contributed by atoms with Gasteiger partial charge < -0.3 is 16.5 Å². The summed E-state index contributed by atoms with van der Waals surface area (Å²) in [5, 5.41) is 8.18. The minimum Gasteiger partial charge on any atom is -0.426 e. The number of hydrogen-bond acceptors (Lipinski definition) is 4. The average Bonchev–Trinajstić information content (AvgIpc) is 3.37. The summed E-state index contributed by atoms with van der Waals surface area (Å²) in [4.78, 5) is 0. The fourth-order valence-electron chi connectivity index (χ4n) is 8.50. The van der Waals surface area contributed by atoms with Gasteiger partial charge in [0.25, 0.3) is 0 Å². The minimum absolute atomic E-state index is 0.954. The monoisotopic (exact) mass is 932 g/mol. The lowest BCUT2D eigenvalue weighted by Crippen LogP contribution is -2.82. The van der Waals surface area contributed by atoms with E-state index in [-0.39, 0.29) is 0 Å². The molecule has 4 nitrogen and oxygen atoms in total. The molecule has 0 aliphatic rings. The third-order valence-electron chi connectivity index (χ3n) is 12.0. The molecule has 0 amide bonds. The van der Waals surface area contributed by atoms with Crippen LogP contribution in [0.1, 0.15) is 11.1 Å². The van der Waals surface area contributed by atoms with Gasteiger partial charge in [-0.15, -0.1) is 0 Å². The maximum absolute atomic E-state index is 8.63. The van der Waals surface area contributed by atoms with Crippen molar-refractivity contribution in [3.8, 4) is 0 Å². The molecule has 65 heavy (non-hydrogen) atoms. The van der Waals surface area contributed by atoms with Gasteiger partial charge in [0.1, 0.15) is 0 Å². The third kappa shape index (κ3) is 9.61. The molecule has 0 aliphatic heterocycles. The second-order valence-electron chi connectivity index (χ2n) is 17.1. The molecular formula is C56H56O4Si5. The molecule has 0 unspecified atom stereocenters. The largest absolute Gasteiger partial charge is 0.426 e. The van der Waals surface area contributed by atoms with Crippen molar-refractivity contribution in [1.82, 2.24) is 0 Å². The fraction of sp³-hybridized carbons (Fsp3) is 0.0714. The van der Waals surface area contributed by atoms with Gasteiger partial charge in [-0.25, -0.2) is 0 Å². The van der Waals surface area contributed by atoms with Crippen molar-refractivity contribution in [2.24, 2.45) is 0 Å². The first kappa shape index (κ1) is 45.7. The van der Waals surface area contributed by atoms with Crippen molar-refractivity contribution in [1.29, 1.82) is 0 Å². The molecule has 0 bridgehead atoms. The Morgan fingerprint density at radius 2 is 0.462 bits per heavy atom. The standard InChI is InChI=1S/C56H56O4Si5/c1-7-47-39-43-49(44-40-47)61(3,4)57-63(51-27-15-9-16-28-51,52-29-17-10-18-30-52)59-65(55-35-23-13-24-36-55,56-37-25-14-26-38-56)60-64(53-31-19-11-20-32-53,54-33-21-12-22-34-54)58-62(5,6)50-45-41-48(8-2)42-46-50/h7-46H,1-2H2,3-6H3. The van der Waals surface area contributed by atoms with E-state index < -0.39 is 42.3 Å². The lowest BCUT2D eigenvalue weighted by atomic mass is 10.2. The molecular weight excluding hydrogens is 877 g/mol. The van der Waals surface area contributed by atoms with E-state index in [1.54, 1.807) is 0 Å². The van der Waals surface area contributed by atoms with E-state index in [1.807, 2.05) is 12.2 Å². The highest BCUT2D eigenvalue weighted by molar-refractivity contribution is 7.12. The van der Waals surface area contributed by atoms with Crippen LogP contribution in [0.5, 0.6) is 0 Å². The second-order valence-corrected chi connectivity index (χ2v) is 34.8. The molecule has 324 valence electrons. The Balaban J connectivity index is 1.47. The molecule has 0 spiro atoms. The summed E-state index contributed by atoms with van der Waals surface area (Å²) in [6, 6.07) is 80.9. The molecule has 0 aliphatic carbocycles. The molecule has 0 N–H and O–H groups in total. The zero-order valence-corrected chi connectivity index (χ0v) is 42.6. The molecule has 0 aromatic heterocycles. The zero-order valence-electron chi connectivity index (χ0n) is 37.6. The normalized spacial score (nSPS) is 12.4. The first-order chi connectivity index (χ1) is 31.5. The lowest BCUT2D eigenvalue weighted by Gasteiger charge is -2.49. The van der Waals surface area contributed by atoms with Crippen LogP contribution in [0, 0.1) is 0 Å². The van der Waals surface area contributed by atoms with Gasteiger partial charge in [-0.05, 0) is 78.8 Å². The highest BCUT2D eigenvalue weighted by Crippen LogP contribution is 2.29. The minimum atomic E-state index is -4.09. The molecule has 0 fully saturated rings. The van der Waals surface area contributed by atoms with Gasteiger partial charge in [0.05, 0.1) is 0 Å². The summed E-state index contributed by atoms with van der Waals surface area (Å²) in [6.07, 6.45) is 3.76. The van der Waals surface area contributed by atoms with Crippen molar-refractivity contribution in [2.75, 3.05) is 0 Å². The fourth-order valence-corrected chi connectivity index (χ4v) is 32.4. The molecule has 8 aromatic carbocycles. The van der Waals surface area contributed by atoms with Crippen LogP contribution in [0.4, 0.5) is 0 Å². The van der Waals surface area contributed by atoms with Crippen molar-refractivity contribution < 1.29 is 16.5 Å². The highest BCUT2D eigenvalue weighted by atomic mass is 28.5. The summed E-state index contributed by atoms with van der Waals surface area (Å²) in [5.74, 6) is 0. The van der Waals surface area contributed by atoms with Crippen LogP contribution < -0.4 is 41.5 Å². The molecule has 0 atom stereocenters. The van der Waals surface area contributed by atoms with E-state index in [1.165, 1.54) is 0 Å². The van der Waals surface area contributed by atoms with Crippen LogP contribution in [0.3, 0.4) is 0 Å². The summed E-state index contributed by atoms with van der Waals surface area (Å²) < 4.78 is 33.5. The van der Waals surface area contributed by atoms with E-state index in [0.717, 1.165) is 52.6 Å². The van der Waals surface area contributed by atoms with Crippen LogP contribution in [-0.4, -0.2) is 42.3 Å². The molecule has 0 saturated heterocycles. The van der Waals surface area contributed by atoms with E-state index in [0.29, 0.717) is 0 Å². The average molecular weight is 933 g/mol. The van der Waals surface area contributed by atoms with Crippen LogP contribution in [-0.2, 0) is 16.5 Å². The number of hydrogen-bond donors (Lipinski definition) is 0. The van der Waals surface area contributed by atoms with E-state index in [9.17, 15) is 0 Å². The summed E-state index contributed by atoms with van der Waals surface area (Å²) in [6.45, 7) is 17.2. The van der Waals surface area contributed by atoms with Crippen LogP contribution in [0.15, 0.2) is 244 Å². The summed E-state index contributed by atoms with van der Waals surface area (Å²) >= 11 is 0. The Morgan fingerprint density at radius 1 is 0.262 bits per heavy atom. The maximum atomic E-state index is 8.63. The van der Waals surface area contributed by atoms with Gasteiger partial charge in [0, 0.05) is 0 Å². The van der Waals surface area contributed by atoms with Crippen molar-refractivity contribution in [3.05, 3.63) is 255 Å². The molecule has 8 aromatic rings. The Morgan fingerprint density at radius 3 is 0.662 bits per heavy atom. The van der Waals surface area contributed by atoms with Gasteiger partial charge in [0.15, 0.2) is 0 Å². The van der Waals surface area contributed by atoms with Crippen molar-refractivity contribution >= 4 is 96.0 Å². The topological polar surface area (TPSA) is 36.9 Å². The first-order valence-electron chi connectivity index (χ1n) is 22.1. The Labute approximate surface area is 391 Å². The van der Waals surface area contributed by atoms with Crippen LogP contribution in [0.2, 0.25) is 26.2 Å². The number of benzene rings is 8. The summed E-state index contributed by atoms with van der Waals surface area (Å²) in [5.41, 5.74) is 2.12. The SMILES string of the molecule is C=Cc1ccc([Si](C)(C)O[Si](O[Si](O[Si](O[Si](C)(C)c2ccc(C=C)cc2)(c2ccccc2)c2ccccc2)(c2ccccc2)c2ccccc2)(c2ccccc2)c2ccccc2)cc1. The summed E-state index contributed by atoms with van der Waals surface area (Å²) in [7, 11) is -17.5. The first-order valence-corrected chi connectivity index (χ1v) is 33.4. The Kier molecular flexibility index (Phi) is 13.9. The quantitative estimate of drug-likeness (QED) is 0.0813. The number of rotatable bonds is 18. The van der Waals surface area contributed by atoms with E-state index >= 15 is 0 Å². The van der Waals surface area contributed by atoms with Crippen molar-refractivity contribution in [2.45, 2.75) is 26.2 Å². The Hall–Kier alpha value is -5.84. The van der Waals surface area contributed by atoms with Gasteiger partial charge in [-0.1, -0.05) is 256 Å². The van der Waals surface area contributed by atoms with E-state index in [4.69, 9.17) is 16.5 Å². The third-order valence-corrected chi connectivity index (χ3v) is 33.0. The van der Waals surface area contributed by atoms with Gasteiger partial charge >= 0.3 is 25.7 Å². The van der Waals surface area contributed by atoms with Crippen molar-refractivity contribution in [3.63, 3.8) is 0 Å². The predicted octanol–water partition coefficient (Wildman–Crippen LogP) is 8.33. The second kappa shape index (κ2) is 19.7. The van der Waals surface area contributed by atoms with Gasteiger partial charge in [0.2, 0.25) is 16.6 Å². The van der Waals surface area contributed by atoms with Crippen LogP contribution >= 0.6 is 0 Å². The van der Waals surface area contributed by atoms with Crippen LogP contribution in [0.25, 0.3) is 12.2 Å². The lowest BCUT2D eigenvalue weighted by molar-refractivity contribution is 0.328. The molecule has 9 heteroatoms. The molecule has 0 radical (unpaired) electrons. The van der Waals surface area contributed by atoms with Gasteiger partial charge in [-0.3, -0.25) is 0 Å².